The number of ether oxygens (including phenoxy) is 2. The second kappa shape index (κ2) is 6.12. The van der Waals surface area contributed by atoms with E-state index in [1.807, 2.05) is 6.92 Å². The molecular weight excluding hydrogens is 206 g/mol. The van der Waals surface area contributed by atoms with E-state index in [1.54, 1.807) is 25.3 Å². The lowest BCUT2D eigenvalue weighted by Gasteiger charge is -2.07. The van der Waals surface area contributed by atoms with Crippen LogP contribution in [0.25, 0.3) is 0 Å². The van der Waals surface area contributed by atoms with E-state index in [-0.39, 0.29) is 5.97 Å². The third-order valence-corrected chi connectivity index (χ3v) is 2.20. The Bertz CT molecular complexity index is 363. The lowest BCUT2D eigenvalue weighted by atomic mass is 10.1. The van der Waals surface area contributed by atoms with E-state index in [2.05, 4.69) is 0 Å². The summed E-state index contributed by atoms with van der Waals surface area (Å²) in [5.41, 5.74) is 7.64. The van der Waals surface area contributed by atoms with Gasteiger partial charge in [0.15, 0.2) is 0 Å². The summed E-state index contributed by atoms with van der Waals surface area (Å²) in [7, 11) is 1.62. The van der Waals surface area contributed by atoms with Gasteiger partial charge < -0.3 is 15.2 Å². The molecule has 1 rings (SSSR count). The van der Waals surface area contributed by atoms with Crippen LogP contribution in [0.5, 0.6) is 0 Å². The van der Waals surface area contributed by atoms with Crippen molar-refractivity contribution in [2.24, 2.45) is 0 Å². The highest BCUT2D eigenvalue weighted by Gasteiger charge is 2.09. The number of aryl methyl sites for hydroxylation is 1. The van der Waals surface area contributed by atoms with Gasteiger partial charge in [-0.1, -0.05) is 0 Å². The molecule has 0 aromatic heterocycles. The number of rotatable bonds is 5. The third kappa shape index (κ3) is 3.55. The molecule has 4 heteroatoms. The Morgan fingerprint density at radius 2 is 2.12 bits per heavy atom. The number of carbonyl (C=O) groups is 1. The molecule has 2 N–H and O–H groups in total. The molecule has 0 aliphatic heterocycles. The van der Waals surface area contributed by atoms with E-state index in [0.29, 0.717) is 30.9 Å². The van der Waals surface area contributed by atoms with E-state index < -0.39 is 0 Å². The van der Waals surface area contributed by atoms with Gasteiger partial charge in [-0.05, 0) is 30.7 Å². The van der Waals surface area contributed by atoms with Crippen LogP contribution in [0.2, 0.25) is 0 Å². The molecule has 0 saturated carbocycles. The van der Waals surface area contributed by atoms with Crippen molar-refractivity contribution in [3.63, 3.8) is 0 Å². The van der Waals surface area contributed by atoms with Crippen molar-refractivity contribution in [2.75, 3.05) is 26.1 Å². The molecule has 0 unspecified atom stereocenters. The second-order valence-corrected chi connectivity index (χ2v) is 3.56. The zero-order valence-electron chi connectivity index (χ0n) is 9.66. The van der Waals surface area contributed by atoms with Gasteiger partial charge in [0.25, 0.3) is 0 Å². The Kier molecular flexibility index (Phi) is 4.79. The Labute approximate surface area is 95.3 Å². The SMILES string of the molecule is COCCCOC(=O)c1ccc(N)cc1C. The highest BCUT2D eigenvalue weighted by atomic mass is 16.5. The normalized spacial score (nSPS) is 10.1. The molecule has 0 bridgehead atoms. The average molecular weight is 223 g/mol. The smallest absolute Gasteiger partial charge is 0.338 e. The molecular formula is C12H17NO3. The van der Waals surface area contributed by atoms with Gasteiger partial charge in [-0.3, -0.25) is 0 Å². The molecule has 1 aromatic rings. The van der Waals surface area contributed by atoms with Gasteiger partial charge in [-0.15, -0.1) is 0 Å². The van der Waals surface area contributed by atoms with E-state index in [0.717, 1.165) is 5.56 Å². The maximum absolute atomic E-state index is 11.6. The van der Waals surface area contributed by atoms with Crippen LogP contribution in [0.3, 0.4) is 0 Å². The van der Waals surface area contributed by atoms with Gasteiger partial charge in [0.05, 0.1) is 12.2 Å². The number of benzene rings is 1. The molecule has 0 aliphatic rings. The fourth-order valence-corrected chi connectivity index (χ4v) is 1.36. The highest BCUT2D eigenvalue weighted by Crippen LogP contribution is 2.13. The lowest BCUT2D eigenvalue weighted by molar-refractivity contribution is 0.0467. The molecule has 0 amide bonds. The van der Waals surface area contributed by atoms with Crippen LogP contribution >= 0.6 is 0 Å². The number of nitrogen functional groups attached to an aromatic ring is 1. The van der Waals surface area contributed by atoms with Crippen LogP contribution in [-0.4, -0.2) is 26.3 Å². The van der Waals surface area contributed by atoms with Crippen LogP contribution < -0.4 is 5.73 Å². The van der Waals surface area contributed by atoms with Gasteiger partial charge in [0.1, 0.15) is 0 Å². The molecule has 0 fully saturated rings. The van der Waals surface area contributed by atoms with Crippen molar-refractivity contribution < 1.29 is 14.3 Å². The first-order valence-electron chi connectivity index (χ1n) is 5.17. The monoisotopic (exact) mass is 223 g/mol. The summed E-state index contributed by atoms with van der Waals surface area (Å²) in [5.74, 6) is -0.311. The molecule has 1 aromatic carbocycles. The second-order valence-electron chi connectivity index (χ2n) is 3.56. The Morgan fingerprint density at radius 3 is 2.75 bits per heavy atom. The zero-order chi connectivity index (χ0) is 12.0. The van der Waals surface area contributed by atoms with Gasteiger partial charge in [-0.2, -0.15) is 0 Å². The van der Waals surface area contributed by atoms with Crippen molar-refractivity contribution in [1.82, 2.24) is 0 Å². The van der Waals surface area contributed by atoms with Crippen LogP contribution in [0.1, 0.15) is 22.3 Å². The first-order valence-corrected chi connectivity index (χ1v) is 5.17. The summed E-state index contributed by atoms with van der Waals surface area (Å²) in [5, 5.41) is 0. The van der Waals surface area contributed by atoms with Crippen molar-refractivity contribution in [1.29, 1.82) is 0 Å². The average Bonchev–Trinajstić information content (AvgIpc) is 2.24. The standard InChI is InChI=1S/C12H17NO3/c1-9-8-10(13)4-5-11(9)12(14)16-7-3-6-15-2/h4-5,8H,3,6-7,13H2,1-2H3. The number of hydrogen-bond acceptors (Lipinski definition) is 4. The first kappa shape index (κ1) is 12.5. The molecule has 4 nitrogen and oxygen atoms in total. The van der Waals surface area contributed by atoms with Crippen LogP contribution in [0.15, 0.2) is 18.2 Å². The Hall–Kier alpha value is -1.55. The topological polar surface area (TPSA) is 61.5 Å². The Morgan fingerprint density at radius 1 is 1.38 bits per heavy atom. The number of carbonyl (C=O) groups excluding carboxylic acids is 1. The minimum absolute atomic E-state index is 0.311. The predicted octanol–water partition coefficient (Wildman–Crippen LogP) is 1.77. The number of methoxy groups -OCH3 is 1. The predicted molar refractivity (Wildman–Crippen MR) is 62.4 cm³/mol. The largest absolute Gasteiger partial charge is 0.462 e. The Balaban J connectivity index is 2.53. The van der Waals surface area contributed by atoms with Crippen molar-refractivity contribution in [3.05, 3.63) is 29.3 Å². The quantitative estimate of drug-likeness (QED) is 0.469. The maximum Gasteiger partial charge on any atom is 0.338 e. The summed E-state index contributed by atoms with van der Waals surface area (Å²) >= 11 is 0. The summed E-state index contributed by atoms with van der Waals surface area (Å²) < 4.78 is 9.95. The number of anilines is 1. The summed E-state index contributed by atoms with van der Waals surface area (Å²) in [6.07, 6.45) is 0.705. The molecule has 0 heterocycles. The van der Waals surface area contributed by atoms with Gasteiger partial charge in [0, 0.05) is 25.8 Å². The molecule has 0 aliphatic carbocycles. The van der Waals surface area contributed by atoms with Gasteiger partial charge >= 0.3 is 5.97 Å². The summed E-state index contributed by atoms with van der Waals surface area (Å²) in [6.45, 7) is 2.80. The van der Waals surface area contributed by atoms with Crippen molar-refractivity contribution in [3.8, 4) is 0 Å². The van der Waals surface area contributed by atoms with E-state index >= 15 is 0 Å². The molecule has 88 valence electrons. The van der Waals surface area contributed by atoms with Crippen molar-refractivity contribution in [2.45, 2.75) is 13.3 Å². The van der Waals surface area contributed by atoms with Crippen LogP contribution in [0.4, 0.5) is 5.69 Å². The summed E-state index contributed by atoms with van der Waals surface area (Å²) in [6, 6.07) is 5.13. The number of hydrogen-bond donors (Lipinski definition) is 1. The fraction of sp³-hybridized carbons (Fsp3) is 0.417. The molecule has 0 saturated heterocycles. The minimum atomic E-state index is -0.311. The van der Waals surface area contributed by atoms with Crippen LogP contribution in [0, 0.1) is 6.92 Å². The molecule has 0 radical (unpaired) electrons. The van der Waals surface area contributed by atoms with Gasteiger partial charge in [-0.25, -0.2) is 4.79 Å². The number of nitrogens with two attached hydrogens (primary N) is 1. The summed E-state index contributed by atoms with van der Waals surface area (Å²) in [4.78, 5) is 11.6. The van der Waals surface area contributed by atoms with Crippen molar-refractivity contribution >= 4 is 11.7 Å². The minimum Gasteiger partial charge on any atom is -0.462 e. The van der Waals surface area contributed by atoms with E-state index in [1.165, 1.54) is 0 Å². The number of esters is 1. The maximum atomic E-state index is 11.6. The van der Waals surface area contributed by atoms with Gasteiger partial charge in [0.2, 0.25) is 0 Å². The zero-order valence-corrected chi connectivity index (χ0v) is 9.66. The highest BCUT2D eigenvalue weighted by molar-refractivity contribution is 5.91. The molecule has 16 heavy (non-hydrogen) atoms. The fourth-order valence-electron chi connectivity index (χ4n) is 1.36. The third-order valence-electron chi connectivity index (χ3n) is 2.20. The van der Waals surface area contributed by atoms with E-state index in [9.17, 15) is 4.79 Å². The van der Waals surface area contributed by atoms with E-state index in [4.69, 9.17) is 15.2 Å². The molecule has 0 atom stereocenters. The van der Waals surface area contributed by atoms with Crippen LogP contribution in [-0.2, 0) is 9.47 Å². The first-order chi connectivity index (χ1) is 7.65. The molecule has 0 spiro atoms. The lowest BCUT2D eigenvalue weighted by Crippen LogP contribution is -2.09.